The van der Waals surface area contributed by atoms with E-state index in [-0.39, 0.29) is 11.1 Å². The Hall–Kier alpha value is -1.96. The molecule has 0 spiro atoms. The molecule has 2 bridgehead atoms. The van der Waals surface area contributed by atoms with Crippen LogP contribution in [0.25, 0.3) is 21.8 Å². The molecule has 3 heterocycles. The Morgan fingerprint density at radius 2 is 1.92 bits per heavy atom. The third kappa shape index (κ3) is 1.49. The van der Waals surface area contributed by atoms with Crippen LogP contribution in [0.5, 0.6) is 5.75 Å². The van der Waals surface area contributed by atoms with Crippen LogP contribution in [0, 0.1) is 12.8 Å². The normalized spacial score (nSPS) is 31.5. The molecule has 25 heavy (non-hydrogen) atoms. The van der Waals surface area contributed by atoms with Crippen LogP contribution in [-0.2, 0) is 5.54 Å². The largest absolute Gasteiger partial charge is 0.487 e. The number of hydrogen-bond acceptors (Lipinski definition) is 1. The first-order valence-corrected chi connectivity index (χ1v) is 9.67. The molecule has 1 aromatic heterocycles. The molecule has 6 rings (SSSR count). The second-order valence-corrected chi connectivity index (χ2v) is 9.35. The third-order valence-electron chi connectivity index (χ3n) is 7.46. The summed E-state index contributed by atoms with van der Waals surface area (Å²) in [5.74, 6) is 2.52. The van der Waals surface area contributed by atoms with E-state index in [1.807, 2.05) is 0 Å². The number of nitrogens with zero attached hydrogens (tertiary/aromatic N) is 1. The number of ether oxygens (including phenoxy) is 1. The van der Waals surface area contributed by atoms with Gasteiger partial charge in [-0.25, -0.2) is 0 Å². The van der Waals surface area contributed by atoms with Gasteiger partial charge < -0.3 is 9.30 Å². The topological polar surface area (TPSA) is 14.2 Å². The number of aromatic nitrogens is 1. The van der Waals surface area contributed by atoms with Gasteiger partial charge in [-0.1, -0.05) is 18.2 Å². The van der Waals surface area contributed by atoms with E-state index in [0.29, 0.717) is 11.8 Å². The molecular formula is C23H25NO. The van der Waals surface area contributed by atoms with Crippen molar-refractivity contribution in [2.45, 2.75) is 64.0 Å². The van der Waals surface area contributed by atoms with Crippen LogP contribution in [0.4, 0.5) is 0 Å². The number of para-hydroxylation sites is 1. The Bertz CT molecular complexity index is 1070. The first-order chi connectivity index (χ1) is 11.9. The van der Waals surface area contributed by atoms with Gasteiger partial charge in [0.15, 0.2) is 0 Å². The molecule has 0 radical (unpaired) electrons. The fraction of sp³-hybridized carbons (Fsp3) is 0.478. The number of rotatable bonds is 0. The molecule has 128 valence electrons. The van der Waals surface area contributed by atoms with Crippen molar-refractivity contribution in [3.63, 3.8) is 0 Å². The molecule has 1 fully saturated rings. The van der Waals surface area contributed by atoms with Crippen molar-refractivity contribution in [1.29, 1.82) is 0 Å². The first kappa shape index (κ1) is 14.2. The van der Waals surface area contributed by atoms with Gasteiger partial charge in [0.1, 0.15) is 11.4 Å². The molecule has 0 unspecified atom stereocenters. The van der Waals surface area contributed by atoms with E-state index in [2.05, 4.69) is 62.6 Å². The van der Waals surface area contributed by atoms with E-state index < -0.39 is 0 Å². The summed E-state index contributed by atoms with van der Waals surface area (Å²) >= 11 is 0. The van der Waals surface area contributed by atoms with Crippen LogP contribution in [0.15, 0.2) is 30.3 Å². The Morgan fingerprint density at radius 1 is 1.12 bits per heavy atom. The molecule has 3 atom stereocenters. The summed E-state index contributed by atoms with van der Waals surface area (Å²) in [4.78, 5) is 0. The molecule has 3 aliphatic rings. The third-order valence-corrected chi connectivity index (χ3v) is 7.46. The van der Waals surface area contributed by atoms with Gasteiger partial charge in [-0.2, -0.15) is 0 Å². The molecule has 2 aliphatic heterocycles. The highest BCUT2D eigenvalue weighted by Crippen LogP contribution is 2.62. The lowest BCUT2D eigenvalue weighted by atomic mass is 9.60. The van der Waals surface area contributed by atoms with Crippen LogP contribution in [0.2, 0.25) is 0 Å². The van der Waals surface area contributed by atoms with Gasteiger partial charge >= 0.3 is 0 Å². The lowest BCUT2D eigenvalue weighted by Crippen LogP contribution is -2.52. The maximum atomic E-state index is 6.66. The van der Waals surface area contributed by atoms with Crippen LogP contribution >= 0.6 is 0 Å². The highest BCUT2D eigenvalue weighted by atomic mass is 16.5. The van der Waals surface area contributed by atoms with Gasteiger partial charge in [0.2, 0.25) is 0 Å². The Kier molecular flexibility index (Phi) is 2.31. The smallest absolute Gasteiger partial charge is 0.128 e. The predicted octanol–water partition coefficient (Wildman–Crippen LogP) is 5.89. The molecular weight excluding hydrogens is 306 g/mol. The van der Waals surface area contributed by atoms with Crippen molar-refractivity contribution >= 4 is 21.8 Å². The minimum atomic E-state index is 0.0247. The van der Waals surface area contributed by atoms with E-state index in [1.54, 1.807) is 0 Å². The van der Waals surface area contributed by atoms with E-state index in [0.717, 1.165) is 0 Å². The van der Waals surface area contributed by atoms with Gasteiger partial charge in [0, 0.05) is 27.4 Å². The summed E-state index contributed by atoms with van der Waals surface area (Å²) in [5, 5.41) is 2.81. The zero-order valence-corrected chi connectivity index (χ0v) is 15.5. The summed E-state index contributed by atoms with van der Waals surface area (Å²) in [6, 6.07) is 11.3. The number of benzene rings is 2. The predicted molar refractivity (Wildman–Crippen MR) is 103 cm³/mol. The Morgan fingerprint density at radius 3 is 2.76 bits per heavy atom. The van der Waals surface area contributed by atoms with E-state index in [9.17, 15) is 0 Å². The van der Waals surface area contributed by atoms with Crippen LogP contribution in [0.3, 0.4) is 0 Å². The molecule has 0 N–H and O–H groups in total. The minimum Gasteiger partial charge on any atom is -0.487 e. The Labute approximate surface area is 148 Å². The SMILES string of the molecule is Cc1cc2c3ccccc3n3c2c2c1O[C@]1(C)CC[C@@H]([C@@H]2C1)C3(C)C. The average Bonchev–Trinajstić information content (AvgIpc) is 2.89. The second kappa shape index (κ2) is 4.06. The number of fused-ring (bicyclic) bond motifs is 4. The van der Waals surface area contributed by atoms with Crippen LogP contribution < -0.4 is 4.74 Å². The summed E-state index contributed by atoms with van der Waals surface area (Å²) in [5.41, 5.74) is 5.81. The van der Waals surface area contributed by atoms with E-state index in [1.165, 1.54) is 57.9 Å². The molecule has 0 amide bonds. The maximum absolute atomic E-state index is 6.66. The van der Waals surface area contributed by atoms with Crippen molar-refractivity contribution in [3.8, 4) is 5.75 Å². The summed E-state index contributed by atoms with van der Waals surface area (Å²) in [6.45, 7) is 9.48. The van der Waals surface area contributed by atoms with Crippen LogP contribution in [0.1, 0.15) is 57.1 Å². The molecule has 0 saturated heterocycles. The highest BCUT2D eigenvalue weighted by molar-refractivity contribution is 6.11. The van der Waals surface area contributed by atoms with Crippen molar-refractivity contribution in [3.05, 3.63) is 41.5 Å². The monoisotopic (exact) mass is 331 g/mol. The zero-order chi connectivity index (χ0) is 17.1. The van der Waals surface area contributed by atoms with Gasteiger partial charge in [0.05, 0.1) is 5.52 Å². The zero-order valence-electron chi connectivity index (χ0n) is 15.5. The number of hydrogen-bond donors (Lipinski definition) is 0. The molecule has 2 heteroatoms. The van der Waals surface area contributed by atoms with Gasteiger partial charge in [-0.3, -0.25) is 0 Å². The first-order valence-electron chi connectivity index (χ1n) is 9.67. The fourth-order valence-electron chi connectivity index (χ4n) is 6.38. The summed E-state index contributed by atoms with van der Waals surface area (Å²) in [7, 11) is 0. The molecule has 1 aliphatic carbocycles. The summed E-state index contributed by atoms with van der Waals surface area (Å²) in [6.07, 6.45) is 3.60. The quantitative estimate of drug-likeness (QED) is 0.501. The molecule has 2 aromatic carbocycles. The van der Waals surface area contributed by atoms with Crippen LogP contribution in [-0.4, -0.2) is 10.2 Å². The van der Waals surface area contributed by atoms with Crippen molar-refractivity contribution in [1.82, 2.24) is 4.57 Å². The molecule has 2 nitrogen and oxygen atoms in total. The fourth-order valence-corrected chi connectivity index (χ4v) is 6.38. The van der Waals surface area contributed by atoms with E-state index >= 15 is 0 Å². The lowest BCUT2D eigenvalue weighted by molar-refractivity contribution is -0.0262. The lowest BCUT2D eigenvalue weighted by Gasteiger charge is -2.55. The average molecular weight is 331 g/mol. The highest BCUT2D eigenvalue weighted by Gasteiger charge is 2.54. The van der Waals surface area contributed by atoms with Gasteiger partial charge in [-0.05, 0) is 76.5 Å². The summed E-state index contributed by atoms with van der Waals surface area (Å²) < 4.78 is 9.30. The maximum Gasteiger partial charge on any atom is 0.128 e. The second-order valence-electron chi connectivity index (χ2n) is 9.35. The Balaban J connectivity index is 1.89. The molecule has 3 aromatic rings. The molecule has 1 saturated carbocycles. The van der Waals surface area contributed by atoms with Crippen molar-refractivity contribution in [2.75, 3.05) is 0 Å². The van der Waals surface area contributed by atoms with Gasteiger partial charge in [-0.15, -0.1) is 0 Å². The van der Waals surface area contributed by atoms with E-state index in [4.69, 9.17) is 4.74 Å². The van der Waals surface area contributed by atoms with Crippen molar-refractivity contribution in [2.24, 2.45) is 5.92 Å². The van der Waals surface area contributed by atoms with Gasteiger partial charge in [0.25, 0.3) is 0 Å². The minimum absolute atomic E-state index is 0.0247. The standard InChI is InChI=1S/C23H25NO/c1-13-11-15-14-7-5-6-8-18(14)24-20(15)19-16-12-23(4,25-21(13)19)10-9-17(16)22(24,2)3/h5-8,11,16-17H,9-10,12H2,1-4H3/t16-,17-,23+/m0/s1. The number of aryl methyl sites for hydroxylation is 1. The van der Waals surface area contributed by atoms with Crippen molar-refractivity contribution < 1.29 is 4.74 Å².